The van der Waals surface area contributed by atoms with Crippen molar-refractivity contribution in [2.75, 3.05) is 19.7 Å². The third-order valence-electron chi connectivity index (χ3n) is 2.89. The average Bonchev–Trinajstić information content (AvgIpc) is 2.39. The lowest BCUT2D eigenvalue weighted by molar-refractivity contribution is -0.123. The molecule has 4 nitrogen and oxygen atoms in total. The van der Waals surface area contributed by atoms with Crippen molar-refractivity contribution in [3.63, 3.8) is 0 Å². The molecule has 2 N–H and O–H groups in total. The summed E-state index contributed by atoms with van der Waals surface area (Å²) in [7, 11) is 0. The van der Waals surface area contributed by atoms with Crippen LogP contribution in [0.1, 0.15) is 12.8 Å². The molecular formula is C13H18ClFN2O2. The maximum Gasteiger partial charge on any atom is 0.258 e. The van der Waals surface area contributed by atoms with E-state index in [1.807, 2.05) is 0 Å². The lowest BCUT2D eigenvalue weighted by Crippen LogP contribution is -2.44. The van der Waals surface area contributed by atoms with Gasteiger partial charge in [0.25, 0.3) is 5.91 Å². The summed E-state index contributed by atoms with van der Waals surface area (Å²) in [5, 5.41) is 6.16. The van der Waals surface area contributed by atoms with E-state index >= 15 is 0 Å². The Kier molecular flexibility index (Phi) is 6.59. The summed E-state index contributed by atoms with van der Waals surface area (Å²) in [6, 6.07) is 5.86. The van der Waals surface area contributed by atoms with Crippen LogP contribution in [0.15, 0.2) is 24.3 Å². The van der Waals surface area contributed by atoms with Crippen LogP contribution in [-0.4, -0.2) is 31.6 Å². The molecule has 1 fully saturated rings. The Morgan fingerprint density at radius 2 is 1.95 bits per heavy atom. The Labute approximate surface area is 118 Å². The van der Waals surface area contributed by atoms with Crippen LogP contribution in [0, 0.1) is 5.82 Å². The van der Waals surface area contributed by atoms with Crippen molar-refractivity contribution in [2.24, 2.45) is 0 Å². The molecular weight excluding hydrogens is 271 g/mol. The molecule has 0 bridgehead atoms. The van der Waals surface area contributed by atoms with Crippen LogP contribution < -0.4 is 15.4 Å². The molecule has 0 unspecified atom stereocenters. The summed E-state index contributed by atoms with van der Waals surface area (Å²) < 4.78 is 17.9. The Hall–Kier alpha value is -1.33. The highest BCUT2D eigenvalue weighted by Gasteiger charge is 2.15. The molecule has 0 aromatic heterocycles. The first-order valence-electron chi connectivity index (χ1n) is 6.12. The van der Waals surface area contributed by atoms with E-state index in [2.05, 4.69) is 10.6 Å². The number of hydrogen-bond acceptors (Lipinski definition) is 3. The molecule has 19 heavy (non-hydrogen) atoms. The first-order valence-corrected chi connectivity index (χ1v) is 6.12. The van der Waals surface area contributed by atoms with Crippen molar-refractivity contribution in [2.45, 2.75) is 18.9 Å². The highest BCUT2D eigenvalue weighted by Crippen LogP contribution is 2.10. The van der Waals surface area contributed by atoms with E-state index in [4.69, 9.17) is 4.74 Å². The van der Waals surface area contributed by atoms with Gasteiger partial charge in [-0.15, -0.1) is 12.4 Å². The molecule has 0 aliphatic carbocycles. The molecule has 0 radical (unpaired) electrons. The zero-order chi connectivity index (χ0) is 12.8. The van der Waals surface area contributed by atoms with Gasteiger partial charge in [-0.1, -0.05) is 0 Å². The molecule has 1 saturated heterocycles. The molecule has 1 amide bonds. The molecule has 106 valence electrons. The van der Waals surface area contributed by atoms with Crippen molar-refractivity contribution in [3.8, 4) is 5.75 Å². The lowest BCUT2D eigenvalue weighted by Gasteiger charge is -2.23. The van der Waals surface area contributed by atoms with Gasteiger partial charge in [0, 0.05) is 6.04 Å². The fourth-order valence-corrected chi connectivity index (χ4v) is 1.92. The summed E-state index contributed by atoms with van der Waals surface area (Å²) in [6.45, 7) is 1.84. The molecule has 1 aromatic rings. The van der Waals surface area contributed by atoms with Crippen molar-refractivity contribution in [3.05, 3.63) is 30.1 Å². The van der Waals surface area contributed by atoms with Crippen molar-refractivity contribution in [1.29, 1.82) is 0 Å². The van der Waals surface area contributed by atoms with Crippen LogP contribution in [-0.2, 0) is 4.79 Å². The van der Waals surface area contributed by atoms with Crippen LogP contribution in [0.4, 0.5) is 4.39 Å². The maximum absolute atomic E-state index is 12.7. The second kappa shape index (κ2) is 7.96. The Balaban J connectivity index is 0.00000180. The minimum absolute atomic E-state index is 0. The average molecular weight is 289 g/mol. The normalized spacial score (nSPS) is 15.4. The van der Waals surface area contributed by atoms with Crippen molar-refractivity contribution >= 4 is 18.3 Å². The minimum Gasteiger partial charge on any atom is -0.484 e. The number of halogens is 2. The number of nitrogens with one attached hydrogen (secondary N) is 2. The number of carbonyl (C=O) groups excluding carboxylic acids is 1. The number of carbonyl (C=O) groups is 1. The van der Waals surface area contributed by atoms with Gasteiger partial charge < -0.3 is 15.4 Å². The van der Waals surface area contributed by atoms with E-state index in [1.165, 1.54) is 24.3 Å². The van der Waals surface area contributed by atoms with Gasteiger partial charge in [-0.25, -0.2) is 4.39 Å². The molecule has 1 aromatic carbocycles. The van der Waals surface area contributed by atoms with E-state index < -0.39 is 0 Å². The maximum atomic E-state index is 12.7. The smallest absolute Gasteiger partial charge is 0.258 e. The first kappa shape index (κ1) is 15.7. The monoisotopic (exact) mass is 288 g/mol. The Morgan fingerprint density at radius 1 is 1.32 bits per heavy atom. The van der Waals surface area contributed by atoms with Crippen molar-refractivity contribution < 1.29 is 13.9 Å². The van der Waals surface area contributed by atoms with Gasteiger partial charge in [-0.2, -0.15) is 0 Å². The number of benzene rings is 1. The zero-order valence-corrected chi connectivity index (χ0v) is 11.3. The van der Waals surface area contributed by atoms with Crippen LogP contribution >= 0.6 is 12.4 Å². The zero-order valence-electron chi connectivity index (χ0n) is 10.5. The van der Waals surface area contributed by atoms with Gasteiger partial charge >= 0.3 is 0 Å². The Bertz CT molecular complexity index is 394. The number of ether oxygens (including phenoxy) is 1. The number of rotatable bonds is 4. The van der Waals surface area contributed by atoms with Gasteiger partial charge in [0.2, 0.25) is 0 Å². The van der Waals surface area contributed by atoms with E-state index in [0.29, 0.717) is 5.75 Å². The van der Waals surface area contributed by atoms with Crippen LogP contribution in [0.2, 0.25) is 0 Å². The van der Waals surface area contributed by atoms with E-state index in [-0.39, 0.29) is 36.8 Å². The predicted molar refractivity (Wildman–Crippen MR) is 73.2 cm³/mol. The molecule has 2 rings (SSSR count). The molecule has 1 heterocycles. The molecule has 1 aliphatic heterocycles. The summed E-state index contributed by atoms with van der Waals surface area (Å²) in [4.78, 5) is 11.6. The van der Waals surface area contributed by atoms with E-state index in [1.54, 1.807) is 0 Å². The SMILES string of the molecule is Cl.O=C(COc1ccc(F)cc1)NC1CCNCC1. The van der Waals surface area contributed by atoms with Crippen LogP contribution in [0.25, 0.3) is 0 Å². The van der Waals surface area contributed by atoms with Gasteiger partial charge in [-0.3, -0.25) is 4.79 Å². The molecule has 0 atom stereocenters. The van der Waals surface area contributed by atoms with Gasteiger partial charge in [0.05, 0.1) is 0 Å². The number of hydrogen-bond donors (Lipinski definition) is 2. The second-order valence-corrected chi connectivity index (χ2v) is 4.33. The first-order chi connectivity index (χ1) is 8.74. The number of amides is 1. The second-order valence-electron chi connectivity index (χ2n) is 4.33. The van der Waals surface area contributed by atoms with Gasteiger partial charge in [0.1, 0.15) is 11.6 Å². The highest BCUT2D eigenvalue weighted by atomic mass is 35.5. The Morgan fingerprint density at radius 3 is 2.58 bits per heavy atom. The summed E-state index contributed by atoms with van der Waals surface area (Å²) in [6.07, 6.45) is 1.89. The van der Waals surface area contributed by atoms with Gasteiger partial charge in [-0.05, 0) is 50.2 Å². The largest absolute Gasteiger partial charge is 0.484 e. The predicted octanol–water partition coefficient (Wildman–Crippen LogP) is 1.49. The third-order valence-corrected chi connectivity index (χ3v) is 2.89. The minimum atomic E-state index is -0.318. The summed E-state index contributed by atoms with van der Waals surface area (Å²) >= 11 is 0. The molecule has 0 saturated carbocycles. The van der Waals surface area contributed by atoms with Crippen LogP contribution in [0.5, 0.6) is 5.75 Å². The summed E-state index contributed by atoms with van der Waals surface area (Å²) in [5.41, 5.74) is 0. The lowest BCUT2D eigenvalue weighted by atomic mass is 10.1. The van der Waals surface area contributed by atoms with E-state index in [0.717, 1.165) is 25.9 Å². The van der Waals surface area contributed by atoms with Crippen molar-refractivity contribution in [1.82, 2.24) is 10.6 Å². The molecule has 6 heteroatoms. The van der Waals surface area contributed by atoms with Gasteiger partial charge in [0.15, 0.2) is 6.61 Å². The van der Waals surface area contributed by atoms with Crippen LogP contribution in [0.3, 0.4) is 0 Å². The molecule has 0 spiro atoms. The quantitative estimate of drug-likeness (QED) is 0.883. The van der Waals surface area contributed by atoms with E-state index in [9.17, 15) is 9.18 Å². The molecule has 1 aliphatic rings. The highest BCUT2D eigenvalue weighted by molar-refractivity contribution is 5.85. The third kappa shape index (κ3) is 5.44. The fraction of sp³-hybridized carbons (Fsp3) is 0.462. The standard InChI is InChI=1S/C13H17FN2O2.ClH/c14-10-1-3-12(4-2-10)18-9-13(17)16-11-5-7-15-8-6-11;/h1-4,11,15H,5-9H2,(H,16,17);1H. The number of piperidine rings is 1. The summed E-state index contributed by atoms with van der Waals surface area (Å²) in [5.74, 6) is 0.0459. The topological polar surface area (TPSA) is 50.4 Å². The fourth-order valence-electron chi connectivity index (χ4n) is 1.92.